The molecule has 0 bridgehead atoms. The molecule has 0 aliphatic carbocycles. The number of anilines is 1. The van der Waals surface area contributed by atoms with Gasteiger partial charge in [0.1, 0.15) is 17.3 Å². The van der Waals surface area contributed by atoms with Crippen molar-refractivity contribution in [3.05, 3.63) is 87.8 Å². The number of benzene rings is 2. The zero-order chi connectivity index (χ0) is 19.9. The van der Waals surface area contributed by atoms with Crippen LogP contribution in [0.25, 0.3) is 0 Å². The SMILES string of the molecule is Cc1nc(NCCc2cccc(Cl)c2)cc(C(=O)NCc2ccccc2C)n1. The maximum Gasteiger partial charge on any atom is 0.270 e. The fourth-order valence-electron chi connectivity index (χ4n) is 2.88. The summed E-state index contributed by atoms with van der Waals surface area (Å²) in [6.45, 7) is 4.95. The highest BCUT2D eigenvalue weighted by atomic mass is 35.5. The second kappa shape index (κ2) is 9.33. The number of aryl methyl sites for hydroxylation is 2. The molecule has 0 radical (unpaired) electrons. The van der Waals surface area contributed by atoms with Crippen molar-refractivity contribution in [3.63, 3.8) is 0 Å². The third-order valence-corrected chi connectivity index (χ3v) is 4.62. The molecule has 5 nitrogen and oxygen atoms in total. The van der Waals surface area contributed by atoms with Crippen LogP contribution in [0.1, 0.15) is 33.0 Å². The highest BCUT2D eigenvalue weighted by molar-refractivity contribution is 6.30. The molecule has 1 amide bonds. The highest BCUT2D eigenvalue weighted by Gasteiger charge is 2.11. The molecule has 1 aromatic heterocycles. The quantitative estimate of drug-likeness (QED) is 0.625. The molecule has 2 aromatic carbocycles. The summed E-state index contributed by atoms with van der Waals surface area (Å²) >= 11 is 6.02. The van der Waals surface area contributed by atoms with E-state index in [1.165, 1.54) is 0 Å². The third kappa shape index (κ3) is 5.54. The van der Waals surface area contributed by atoms with Crippen LogP contribution in [0.4, 0.5) is 5.82 Å². The van der Waals surface area contributed by atoms with Crippen LogP contribution < -0.4 is 10.6 Å². The van der Waals surface area contributed by atoms with Crippen LogP contribution in [0.2, 0.25) is 5.02 Å². The van der Waals surface area contributed by atoms with Gasteiger partial charge in [-0.2, -0.15) is 0 Å². The van der Waals surface area contributed by atoms with Crippen molar-refractivity contribution >= 4 is 23.3 Å². The number of halogens is 1. The van der Waals surface area contributed by atoms with Crippen LogP contribution >= 0.6 is 11.6 Å². The van der Waals surface area contributed by atoms with E-state index in [0.29, 0.717) is 30.4 Å². The first-order valence-corrected chi connectivity index (χ1v) is 9.56. The van der Waals surface area contributed by atoms with E-state index < -0.39 is 0 Å². The molecule has 2 N–H and O–H groups in total. The van der Waals surface area contributed by atoms with Crippen molar-refractivity contribution in [2.45, 2.75) is 26.8 Å². The molecule has 28 heavy (non-hydrogen) atoms. The zero-order valence-electron chi connectivity index (χ0n) is 16.0. The minimum atomic E-state index is -0.216. The standard InChI is InChI=1S/C22H23ClN4O/c1-15-6-3-4-8-18(15)14-25-22(28)20-13-21(27-16(2)26-20)24-11-10-17-7-5-9-19(23)12-17/h3-9,12-13H,10-11,14H2,1-2H3,(H,25,28)(H,24,26,27). The van der Waals surface area contributed by atoms with Gasteiger partial charge in [-0.3, -0.25) is 4.79 Å². The first-order valence-electron chi connectivity index (χ1n) is 9.18. The number of nitrogens with one attached hydrogen (secondary N) is 2. The smallest absolute Gasteiger partial charge is 0.270 e. The summed E-state index contributed by atoms with van der Waals surface area (Å²) in [6.07, 6.45) is 0.804. The van der Waals surface area contributed by atoms with E-state index in [1.807, 2.05) is 55.5 Å². The first-order chi connectivity index (χ1) is 13.5. The number of carbonyl (C=O) groups excluding carboxylic acids is 1. The second-order valence-corrected chi connectivity index (χ2v) is 7.04. The summed E-state index contributed by atoms with van der Waals surface area (Å²) in [5.41, 5.74) is 3.72. The molecule has 144 valence electrons. The number of hydrogen-bond acceptors (Lipinski definition) is 4. The molecule has 0 unspecified atom stereocenters. The number of carbonyl (C=O) groups is 1. The molecule has 0 saturated carbocycles. The van der Waals surface area contributed by atoms with Gasteiger partial charge in [0.2, 0.25) is 0 Å². The predicted octanol–water partition coefficient (Wildman–Crippen LogP) is 4.33. The van der Waals surface area contributed by atoms with E-state index in [0.717, 1.165) is 28.1 Å². The van der Waals surface area contributed by atoms with Crippen molar-refractivity contribution in [2.24, 2.45) is 0 Å². The molecule has 0 spiro atoms. The Hall–Kier alpha value is -2.92. The zero-order valence-corrected chi connectivity index (χ0v) is 16.8. The van der Waals surface area contributed by atoms with Gasteiger partial charge in [0, 0.05) is 24.2 Å². The minimum Gasteiger partial charge on any atom is -0.370 e. The van der Waals surface area contributed by atoms with E-state index in [1.54, 1.807) is 13.0 Å². The lowest BCUT2D eigenvalue weighted by molar-refractivity contribution is 0.0945. The van der Waals surface area contributed by atoms with Gasteiger partial charge in [-0.05, 0) is 49.1 Å². The van der Waals surface area contributed by atoms with Crippen molar-refractivity contribution in [3.8, 4) is 0 Å². The van der Waals surface area contributed by atoms with Crippen LogP contribution in [-0.2, 0) is 13.0 Å². The highest BCUT2D eigenvalue weighted by Crippen LogP contribution is 2.12. The summed E-state index contributed by atoms with van der Waals surface area (Å²) < 4.78 is 0. The number of nitrogens with zero attached hydrogens (tertiary/aromatic N) is 2. The Bertz CT molecular complexity index is 974. The van der Waals surface area contributed by atoms with Gasteiger partial charge in [0.25, 0.3) is 5.91 Å². The summed E-state index contributed by atoms with van der Waals surface area (Å²) in [4.78, 5) is 21.2. The Morgan fingerprint density at radius 1 is 1.04 bits per heavy atom. The molecular formula is C22H23ClN4O. The first kappa shape index (κ1) is 19.8. The van der Waals surface area contributed by atoms with E-state index in [9.17, 15) is 4.79 Å². The molecule has 3 rings (SSSR count). The van der Waals surface area contributed by atoms with Crippen LogP contribution in [-0.4, -0.2) is 22.4 Å². The lowest BCUT2D eigenvalue weighted by Crippen LogP contribution is -2.25. The summed E-state index contributed by atoms with van der Waals surface area (Å²) in [6, 6.07) is 17.4. The minimum absolute atomic E-state index is 0.216. The molecule has 1 heterocycles. The summed E-state index contributed by atoms with van der Waals surface area (Å²) in [7, 11) is 0. The topological polar surface area (TPSA) is 66.9 Å². The summed E-state index contributed by atoms with van der Waals surface area (Å²) in [5, 5.41) is 6.91. The van der Waals surface area contributed by atoms with Crippen LogP contribution in [0, 0.1) is 13.8 Å². The Morgan fingerprint density at radius 3 is 2.64 bits per heavy atom. The predicted molar refractivity (Wildman–Crippen MR) is 113 cm³/mol. The van der Waals surface area contributed by atoms with Crippen molar-refractivity contribution in [1.29, 1.82) is 0 Å². The Morgan fingerprint density at radius 2 is 1.86 bits per heavy atom. The monoisotopic (exact) mass is 394 g/mol. The van der Waals surface area contributed by atoms with Gasteiger partial charge in [0.05, 0.1) is 0 Å². The third-order valence-electron chi connectivity index (χ3n) is 4.38. The van der Waals surface area contributed by atoms with Crippen LogP contribution in [0.5, 0.6) is 0 Å². The summed E-state index contributed by atoms with van der Waals surface area (Å²) in [5.74, 6) is 0.969. The molecule has 0 aliphatic heterocycles. The number of aromatic nitrogens is 2. The van der Waals surface area contributed by atoms with Crippen molar-refractivity contribution < 1.29 is 4.79 Å². The van der Waals surface area contributed by atoms with Gasteiger partial charge in [-0.25, -0.2) is 9.97 Å². The molecule has 0 atom stereocenters. The fourth-order valence-corrected chi connectivity index (χ4v) is 3.09. The van der Waals surface area contributed by atoms with Crippen molar-refractivity contribution in [2.75, 3.05) is 11.9 Å². The average molecular weight is 395 g/mol. The van der Waals surface area contributed by atoms with E-state index >= 15 is 0 Å². The van der Waals surface area contributed by atoms with E-state index in [-0.39, 0.29) is 5.91 Å². The molecule has 0 saturated heterocycles. The second-order valence-electron chi connectivity index (χ2n) is 6.60. The molecular weight excluding hydrogens is 372 g/mol. The fraction of sp³-hybridized carbons (Fsp3) is 0.227. The van der Waals surface area contributed by atoms with Gasteiger partial charge in [0.15, 0.2) is 0 Å². The number of hydrogen-bond donors (Lipinski definition) is 2. The van der Waals surface area contributed by atoms with Gasteiger partial charge < -0.3 is 10.6 Å². The molecule has 3 aromatic rings. The van der Waals surface area contributed by atoms with Crippen LogP contribution in [0.15, 0.2) is 54.6 Å². The Labute approximate surface area is 170 Å². The average Bonchev–Trinajstić information content (AvgIpc) is 2.67. The lowest BCUT2D eigenvalue weighted by atomic mass is 10.1. The van der Waals surface area contributed by atoms with Crippen LogP contribution in [0.3, 0.4) is 0 Å². The lowest BCUT2D eigenvalue weighted by Gasteiger charge is -2.10. The number of rotatable bonds is 7. The largest absolute Gasteiger partial charge is 0.370 e. The molecule has 0 aliphatic rings. The number of amides is 1. The van der Waals surface area contributed by atoms with Gasteiger partial charge in [-0.15, -0.1) is 0 Å². The van der Waals surface area contributed by atoms with E-state index in [2.05, 4.69) is 20.6 Å². The Kier molecular flexibility index (Phi) is 6.61. The maximum atomic E-state index is 12.5. The van der Waals surface area contributed by atoms with Gasteiger partial charge >= 0.3 is 0 Å². The Balaban J connectivity index is 1.60. The van der Waals surface area contributed by atoms with Crippen molar-refractivity contribution in [1.82, 2.24) is 15.3 Å². The van der Waals surface area contributed by atoms with Gasteiger partial charge in [-0.1, -0.05) is 48.0 Å². The molecule has 0 fully saturated rings. The van der Waals surface area contributed by atoms with E-state index in [4.69, 9.17) is 11.6 Å². The normalized spacial score (nSPS) is 10.5. The maximum absolute atomic E-state index is 12.5. The molecule has 6 heteroatoms.